The molecule has 0 bridgehead atoms. The summed E-state index contributed by atoms with van der Waals surface area (Å²) in [7, 11) is 0. The molecule has 1 N–H and O–H groups in total. The molecule has 1 atom stereocenters. The van der Waals surface area contributed by atoms with Crippen LogP contribution in [0.4, 0.5) is 4.39 Å². The minimum atomic E-state index is -0.954. The van der Waals surface area contributed by atoms with Crippen LogP contribution in [0.1, 0.15) is 23.5 Å². The zero-order valence-corrected chi connectivity index (χ0v) is 10.6. The molecule has 1 aromatic carbocycles. The summed E-state index contributed by atoms with van der Waals surface area (Å²) in [5.41, 5.74) is 1.30. The molecule has 1 unspecified atom stereocenters. The lowest BCUT2D eigenvalue weighted by Crippen LogP contribution is -2.08. The molecule has 3 nitrogen and oxygen atoms in total. The Morgan fingerprint density at radius 2 is 1.95 bits per heavy atom. The highest BCUT2D eigenvalue weighted by molar-refractivity contribution is 6.30. The number of aliphatic carboxylic acids is 1. The minimum absolute atomic E-state index is 0.132. The maximum atomic E-state index is 13.2. The van der Waals surface area contributed by atoms with Crippen LogP contribution in [-0.2, 0) is 4.79 Å². The Bertz CT molecular complexity index is 586. The minimum Gasteiger partial charge on any atom is -0.481 e. The van der Waals surface area contributed by atoms with Gasteiger partial charge in [0, 0.05) is 17.1 Å². The Balaban J connectivity index is 2.40. The van der Waals surface area contributed by atoms with E-state index < -0.39 is 17.7 Å². The standard InChI is InChI=1S/C14H11ClFNO2/c15-11-3-1-9(2-4-11)13(6-14(18)19)10-5-12(16)8-17-7-10/h1-5,7-8,13H,6H2,(H,18,19). The van der Waals surface area contributed by atoms with Crippen molar-refractivity contribution in [2.75, 3.05) is 0 Å². The van der Waals surface area contributed by atoms with E-state index in [4.69, 9.17) is 16.7 Å². The van der Waals surface area contributed by atoms with Crippen molar-refractivity contribution in [2.45, 2.75) is 12.3 Å². The Hall–Kier alpha value is -1.94. The first-order valence-electron chi connectivity index (χ1n) is 5.64. The predicted octanol–water partition coefficient (Wildman–Crippen LogP) is 3.48. The quantitative estimate of drug-likeness (QED) is 0.932. The Kier molecular flexibility index (Phi) is 4.12. The number of benzene rings is 1. The maximum Gasteiger partial charge on any atom is 0.304 e. The van der Waals surface area contributed by atoms with Gasteiger partial charge < -0.3 is 5.11 Å². The molecule has 2 aromatic rings. The molecule has 19 heavy (non-hydrogen) atoms. The van der Waals surface area contributed by atoms with E-state index in [1.165, 1.54) is 12.3 Å². The number of hydrogen-bond acceptors (Lipinski definition) is 2. The van der Waals surface area contributed by atoms with Gasteiger partial charge in [0.1, 0.15) is 5.82 Å². The summed E-state index contributed by atoms with van der Waals surface area (Å²) >= 11 is 5.80. The molecular weight excluding hydrogens is 269 g/mol. The number of pyridine rings is 1. The summed E-state index contributed by atoms with van der Waals surface area (Å²) < 4.78 is 13.2. The van der Waals surface area contributed by atoms with Gasteiger partial charge in [-0.25, -0.2) is 4.39 Å². The molecule has 0 aliphatic carbocycles. The highest BCUT2D eigenvalue weighted by atomic mass is 35.5. The van der Waals surface area contributed by atoms with Crippen molar-refractivity contribution in [3.63, 3.8) is 0 Å². The van der Waals surface area contributed by atoms with Crippen LogP contribution in [0.5, 0.6) is 0 Å². The summed E-state index contributed by atoms with van der Waals surface area (Å²) in [6.45, 7) is 0. The molecule has 5 heteroatoms. The molecule has 0 radical (unpaired) electrons. The average Bonchev–Trinajstić information content (AvgIpc) is 2.37. The van der Waals surface area contributed by atoms with Gasteiger partial charge in [-0.3, -0.25) is 9.78 Å². The van der Waals surface area contributed by atoms with Gasteiger partial charge in [0.15, 0.2) is 0 Å². The monoisotopic (exact) mass is 279 g/mol. The zero-order valence-electron chi connectivity index (χ0n) is 9.88. The first kappa shape index (κ1) is 13.5. The fourth-order valence-electron chi connectivity index (χ4n) is 1.92. The topological polar surface area (TPSA) is 50.2 Å². The number of carbonyl (C=O) groups is 1. The van der Waals surface area contributed by atoms with Crippen LogP contribution in [-0.4, -0.2) is 16.1 Å². The summed E-state index contributed by atoms with van der Waals surface area (Å²) in [5, 5.41) is 9.56. The van der Waals surface area contributed by atoms with Crippen LogP contribution >= 0.6 is 11.6 Å². The molecule has 0 saturated heterocycles. The normalized spacial score (nSPS) is 12.1. The van der Waals surface area contributed by atoms with E-state index in [0.717, 1.165) is 11.8 Å². The van der Waals surface area contributed by atoms with E-state index in [-0.39, 0.29) is 6.42 Å². The van der Waals surface area contributed by atoms with Crippen molar-refractivity contribution in [2.24, 2.45) is 0 Å². The van der Waals surface area contributed by atoms with Crippen molar-refractivity contribution in [1.82, 2.24) is 4.98 Å². The smallest absolute Gasteiger partial charge is 0.304 e. The third-order valence-electron chi connectivity index (χ3n) is 2.78. The molecule has 0 spiro atoms. The molecule has 1 heterocycles. The second-order valence-corrected chi connectivity index (χ2v) is 4.57. The third-order valence-corrected chi connectivity index (χ3v) is 3.03. The number of rotatable bonds is 4. The molecular formula is C14H11ClFNO2. The zero-order chi connectivity index (χ0) is 13.8. The van der Waals surface area contributed by atoms with Gasteiger partial charge in [-0.15, -0.1) is 0 Å². The van der Waals surface area contributed by atoms with Gasteiger partial charge in [0.05, 0.1) is 12.6 Å². The lowest BCUT2D eigenvalue weighted by atomic mass is 9.89. The summed E-state index contributed by atoms with van der Waals surface area (Å²) in [5.74, 6) is -1.89. The third kappa shape index (κ3) is 3.51. The second kappa shape index (κ2) is 5.80. The molecule has 2 rings (SSSR count). The number of aromatic nitrogens is 1. The molecule has 1 aromatic heterocycles. The van der Waals surface area contributed by atoms with E-state index in [0.29, 0.717) is 10.6 Å². The first-order chi connectivity index (χ1) is 9.06. The first-order valence-corrected chi connectivity index (χ1v) is 6.02. The van der Waals surface area contributed by atoms with Gasteiger partial charge in [-0.05, 0) is 29.3 Å². The van der Waals surface area contributed by atoms with Gasteiger partial charge in [-0.2, -0.15) is 0 Å². The van der Waals surface area contributed by atoms with Crippen LogP contribution in [0.2, 0.25) is 5.02 Å². The molecule has 98 valence electrons. The second-order valence-electron chi connectivity index (χ2n) is 4.14. The average molecular weight is 280 g/mol. The van der Waals surface area contributed by atoms with Gasteiger partial charge in [0.2, 0.25) is 0 Å². The molecule has 0 fully saturated rings. The number of carboxylic acid groups (broad SMARTS) is 1. The molecule has 0 saturated carbocycles. The molecule has 0 aliphatic heterocycles. The lowest BCUT2D eigenvalue weighted by Gasteiger charge is -2.15. The van der Waals surface area contributed by atoms with Crippen molar-refractivity contribution >= 4 is 17.6 Å². The lowest BCUT2D eigenvalue weighted by molar-refractivity contribution is -0.137. The number of halogens is 2. The molecule has 0 amide bonds. The maximum absolute atomic E-state index is 13.2. The van der Waals surface area contributed by atoms with E-state index in [2.05, 4.69) is 4.98 Å². The highest BCUT2D eigenvalue weighted by Crippen LogP contribution is 2.28. The van der Waals surface area contributed by atoms with Gasteiger partial charge in [-0.1, -0.05) is 23.7 Å². The number of carboxylic acids is 1. The van der Waals surface area contributed by atoms with Crippen LogP contribution in [0.25, 0.3) is 0 Å². The van der Waals surface area contributed by atoms with Crippen LogP contribution in [0.3, 0.4) is 0 Å². The fraction of sp³-hybridized carbons (Fsp3) is 0.143. The molecule has 0 aliphatic rings. The van der Waals surface area contributed by atoms with Crippen LogP contribution in [0, 0.1) is 5.82 Å². The largest absolute Gasteiger partial charge is 0.481 e. The van der Waals surface area contributed by atoms with E-state index >= 15 is 0 Å². The predicted molar refractivity (Wildman–Crippen MR) is 69.7 cm³/mol. The SMILES string of the molecule is O=C(O)CC(c1ccc(Cl)cc1)c1cncc(F)c1. The van der Waals surface area contributed by atoms with Crippen molar-refractivity contribution in [3.05, 3.63) is 64.7 Å². The van der Waals surface area contributed by atoms with E-state index in [9.17, 15) is 9.18 Å². The Labute approximate surface area is 114 Å². The highest BCUT2D eigenvalue weighted by Gasteiger charge is 2.18. The number of nitrogens with zero attached hydrogens (tertiary/aromatic N) is 1. The Morgan fingerprint density at radius 3 is 2.53 bits per heavy atom. The summed E-state index contributed by atoms with van der Waals surface area (Å²) in [4.78, 5) is 14.7. The Morgan fingerprint density at radius 1 is 1.26 bits per heavy atom. The van der Waals surface area contributed by atoms with Crippen molar-refractivity contribution in [1.29, 1.82) is 0 Å². The van der Waals surface area contributed by atoms with Crippen LogP contribution < -0.4 is 0 Å². The fourth-order valence-corrected chi connectivity index (χ4v) is 2.04. The number of hydrogen-bond donors (Lipinski definition) is 1. The van der Waals surface area contributed by atoms with Crippen molar-refractivity contribution < 1.29 is 14.3 Å². The van der Waals surface area contributed by atoms with Gasteiger partial charge >= 0.3 is 5.97 Å². The van der Waals surface area contributed by atoms with Crippen LogP contribution in [0.15, 0.2) is 42.7 Å². The van der Waals surface area contributed by atoms with Crippen molar-refractivity contribution in [3.8, 4) is 0 Å². The van der Waals surface area contributed by atoms with E-state index in [1.54, 1.807) is 24.3 Å². The summed E-state index contributed by atoms with van der Waals surface area (Å²) in [6, 6.07) is 8.13. The van der Waals surface area contributed by atoms with Gasteiger partial charge in [0.25, 0.3) is 0 Å². The summed E-state index contributed by atoms with van der Waals surface area (Å²) in [6.07, 6.45) is 2.43. The van der Waals surface area contributed by atoms with E-state index in [1.807, 2.05) is 0 Å².